The zero-order valence-corrected chi connectivity index (χ0v) is 36.7. The molecular weight excluding hydrogens is 812 g/mol. The van der Waals surface area contributed by atoms with E-state index in [0.29, 0.717) is 73.3 Å². The van der Waals surface area contributed by atoms with Crippen LogP contribution in [0.5, 0.6) is 5.75 Å². The van der Waals surface area contributed by atoms with Gasteiger partial charge in [0.05, 0.1) is 23.3 Å². The molecule has 0 bridgehead atoms. The summed E-state index contributed by atoms with van der Waals surface area (Å²) >= 11 is 0. The maximum atomic E-state index is 16.7. The molecule has 0 radical (unpaired) electrons. The number of pyridine rings is 1. The van der Waals surface area contributed by atoms with Gasteiger partial charge in [0, 0.05) is 106 Å². The first kappa shape index (κ1) is 41.9. The molecule has 5 aromatic rings. The number of phenols is 1. The smallest absolute Gasteiger partial charge is 0.328 e. The van der Waals surface area contributed by atoms with E-state index in [9.17, 15) is 19.5 Å². The van der Waals surface area contributed by atoms with Crippen molar-refractivity contribution in [2.45, 2.75) is 88.8 Å². The number of rotatable bonds is 9. The lowest BCUT2D eigenvalue weighted by Gasteiger charge is -2.47. The van der Waals surface area contributed by atoms with Crippen molar-refractivity contribution in [3.05, 3.63) is 89.7 Å². The number of aromatic hydroxyl groups is 1. The molecule has 5 aliphatic rings. The van der Waals surface area contributed by atoms with Crippen LogP contribution in [0.3, 0.4) is 0 Å². The fourth-order valence-corrected chi connectivity index (χ4v) is 10.9. The second kappa shape index (κ2) is 16.5. The van der Waals surface area contributed by atoms with E-state index in [1.54, 1.807) is 28.1 Å². The van der Waals surface area contributed by atoms with Gasteiger partial charge in [-0.15, -0.1) is 10.2 Å². The molecular formula is C49H57FN10O4. The van der Waals surface area contributed by atoms with Gasteiger partial charge in [-0.05, 0) is 91.0 Å². The minimum absolute atomic E-state index is 0.0623. The first-order valence-electron chi connectivity index (χ1n) is 22.9. The number of hydrogen-bond acceptors (Lipinski definition) is 10. The molecule has 15 heteroatoms. The van der Waals surface area contributed by atoms with Gasteiger partial charge in [-0.3, -0.25) is 24.7 Å². The van der Waals surface area contributed by atoms with Gasteiger partial charge in [0.25, 0.3) is 5.91 Å². The highest BCUT2D eigenvalue weighted by Gasteiger charge is 2.44. The first-order valence-corrected chi connectivity index (χ1v) is 22.9. The van der Waals surface area contributed by atoms with Crippen molar-refractivity contribution in [2.75, 3.05) is 67.9 Å². The Kier molecular flexibility index (Phi) is 10.8. The number of carbonyl (C=O) groups excluding carboxylic acids is 3. The molecule has 64 heavy (non-hydrogen) atoms. The molecule has 4 N–H and O–H groups in total. The zero-order chi connectivity index (χ0) is 44.3. The second-order valence-corrected chi connectivity index (χ2v) is 19.5. The number of hydrogen-bond donors (Lipinski definition) is 3. The normalized spacial score (nSPS) is 22.8. The lowest BCUT2D eigenvalue weighted by Crippen LogP contribution is -2.54. The van der Waals surface area contributed by atoms with E-state index in [0.717, 1.165) is 80.6 Å². The van der Waals surface area contributed by atoms with Crippen LogP contribution in [0, 0.1) is 5.41 Å². The minimum Gasteiger partial charge on any atom is -0.507 e. The van der Waals surface area contributed by atoms with E-state index >= 15 is 4.39 Å². The number of alkyl halides is 1. The number of nitrogens with two attached hydrogens (primary N) is 1. The summed E-state index contributed by atoms with van der Waals surface area (Å²) in [6.45, 7) is 9.02. The lowest BCUT2D eigenvalue weighted by atomic mass is 9.78. The van der Waals surface area contributed by atoms with Gasteiger partial charge >= 0.3 is 6.03 Å². The number of phenolic OH excluding ortho intramolecular Hbond substituents is 1. The van der Waals surface area contributed by atoms with Crippen molar-refractivity contribution in [3.63, 3.8) is 0 Å². The molecule has 5 fully saturated rings. The van der Waals surface area contributed by atoms with E-state index in [2.05, 4.69) is 56.0 Å². The molecule has 3 aromatic heterocycles. The van der Waals surface area contributed by atoms with E-state index in [-0.39, 0.29) is 41.4 Å². The van der Waals surface area contributed by atoms with E-state index in [4.69, 9.17) is 10.7 Å². The van der Waals surface area contributed by atoms with Crippen LogP contribution in [0.2, 0.25) is 0 Å². The minimum atomic E-state index is -1.38. The van der Waals surface area contributed by atoms with Gasteiger partial charge < -0.3 is 25.2 Å². The molecule has 7 heterocycles. The number of likely N-dealkylation sites (tertiary alicyclic amines) is 2. The van der Waals surface area contributed by atoms with Crippen LogP contribution >= 0.6 is 0 Å². The molecule has 4 saturated heterocycles. The number of nitrogens with zero attached hydrogens (tertiary/aromatic N) is 8. The van der Waals surface area contributed by atoms with Gasteiger partial charge in [0.1, 0.15) is 17.1 Å². The van der Waals surface area contributed by atoms with E-state index < -0.39 is 11.7 Å². The van der Waals surface area contributed by atoms with Crippen molar-refractivity contribution in [1.29, 1.82) is 0 Å². The number of carbonyl (C=O) groups is 3. The number of aromatic nitrogens is 4. The number of benzene rings is 2. The van der Waals surface area contributed by atoms with E-state index in [1.807, 2.05) is 42.5 Å². The summed E-state index contributed by atoms with van der Waals surface area (Å²) in [6.07, 6.45) is 9.96. The summed E-state index contributed by atoms with van der Waals surface area (Å²) in [4.78, 5) is 51.0. The van der Waals surface area contributed by atoms with Crippen molar-refractivity contribution in [2.24, 2.45) is 5.41 Å². The van der Waals surface area contributed by atoms with Crippen LogP contribution < -0.4 is 20.9 Å². The largest absolute Gasteiger partial charge is 0.507 e. The number of nitrogens with one attached hydrogen (secondary N) is 1. The summed E-state index contributed by atoms with van der Waals surface area (Å²) < 4.78 is 19.0. The Bertz CT molecular complexity index is 2600. The maximum Gasteiger partial charge on any atom is 0.328 e. The summed E-state index contributed by atoms with van der Waals surface area (Å²) in [7, 11) is 0. The fraction of sp³-hybridized carbons (Fsp3) is 0.469. The Balaban J connectivity index is 0.749. The summed E-state index contributed by atoms with van der Waals surface area (Å²) in [6, 6.07) is 18.7. The number of fused-ring (bicyclic) bond motifs is 1. The average Bonchev–Trinajstić information content (AvgIpc) is 4.07. The molecule has 1 saturated carbocycles. The van der Waals surface area contributed by atoms with Gasteiger partial charge in [-0.25, -0.2) is 14.2 Å². The second-order valence-electron chi connectivity index (χ2n) is 19.5. The molecule has 4 amide bonds. The number of para-hydroxylation sites is 1. The Morgan fingerprint density at radius 2 is 1.72 bits per heavy atom. The third-order valence-electron chi connectivity index (χ3n) is 14.5. The molecule has 14 nitrogen and oxygen atoms in total. The number of anilines is 3. The number of imide groups is 1. The van der Waals surface area contributed by atoms with Crippen LogP contribution in [-0.4, -0.2) is 111 Å². The van der Waals surface area contributed by atoms with Crippen LogP contribution in [0.15, 0.2) is 73.1 Å². The molecule has 0 spiro atoms. The van der Waals surface area contributed by atoms with Crippen molar-refractivity contribution < 1.29 is 23.9 Å². The summed E-state index contributed by atoms with van der Waals surface area (Å²) in [5.41, 5.74) is 11.4. The molecule has 10 rings (SSSR count). The van der Waals surface area contributed by atoms with Crippen molar-refractivity contribution in [1.82, 2.24) is 34.9 Å². The Hall–Kier alpha value is -6.09. The summed E-state index contributed by atoms with van der Waals surface area (Å²) in [5, 5.41) is 22.4. The van der Waals surface area contributed by atoms with Gasteiger partial charge in [0.15, 0.2) is 5.82 Å². The summed E-state index contributed by atoms with van der Waals surface area (Å²) in [5.74, 6) is 0.867. The molecule has 4 aliphatic heterocycles. The SMILES string of the molecule is CC1(C)CN(CC2(F)CCN(C(=O)c3ccc([C@H]4CCCN(c5cc(-c6ccccc6O)nnc5N)C4)cc3)CC2)CCC1n1cc(C2CC2)c2cc(N3CCC(=O)NC3=O)cnc21. The average molecular weight is 869 g/mol. The number of halogens is 1. The van der Waals surface area contributed by atoms with Crippen molar-refractivity contribution >= 4 is 46.1 Å². The highest BCUT2D eigenvalue weighted by atomic mass is 19.1. The highest BCUT2D eigenvalue weighted by molar-refractivity contribution is 6.06. The maximum absolute atomic E-state index is 16.7. The molecule has 2 atom stereocenters. The first-order chi connectivity index (χ1) is 30.8. The number of urea groups is 1. The molecule has 1 unspecified atom stereocenters. The predicted octanol–water partition coefficient (Wildman–Crippen LogP) is 7.41. The highest BCUT2D eigenvalue weighted by Crippen LogP contribution is 2.48. The van der Waals surface area contributed by atoms with Gasteiger partial charge in [0.2, 0.25) is 5.91 Å². The molecule has 334 valence electrons. The van der Waals surface area contributed by atoms with Gasteiger partial charge in [-0.2, -0.15) is 0 Å². The standard InChI is InChI=1S/C49H57FN10O4/c1-48(2)29-56(20-15-42(48)60-28-38(32-11-12-32)37-24-35(26-52-45(37)60)59-21-16-43(62)53-47(59)64)30-49(50)17-22-57(23-18-49)46(63)33-13-9-31(10-14-33)34-6-5-19-58(27-34)40-25-39(54-55-44(40)51)36-7-3-4-8-41(36)61/h3-4,7-10,13-14,24-26,28,32,34,42,61H,5-6,11-12,15-23,27,29-30H2,1-2H3,(H2,51,55)(H,53,62,64)/t34-,42?/m0/s1. The molecule has 2 aromatic carbocycles. The van der Waals surface area contributed by atoms with Crippen LogP contribution in [0.4, 0.5) is 26.4 Å². The van der Waals surface area contributed by atoms with Crippen LogP contribution in [-0.2, 0) is 4.79 Å². The number of piperidine rings is 3. The monoisotopic (exact) mass is 868 g/mol. The van der Waals surface area contributed by atoms with Crippen LogP contribution in [0.25, 0.3) is 22.3 Å². The van der Waals surface area contributed by atoms with Crippen molar-refractivity contribution in [3.8, 4) is 17.0 Å². The predicted molar refractivity (Wildman–Crippen MR) is 244 cm³/mol. The Morgan fingerprint density at radius 3 is 2.45 bits per heavy atom. The van der Waals surface area contributed by atoms with Gasteiger partial charge in [-0.1, -0.05) is 38.1 Å². The number of nitrogen functional groups attached to an aromatic ring is 1. The third-order valence-corrected chi connectivity index (χ3v) is 14.5. The third kappa shape index (κ3) is 8.14. The Morgan fingerprint density at radius 1 is 0.938 bits per heavy atom. The zero-order valence-electron chi connectivity index (χ0n) is 36.7. The molecule has 1 aliphatic carbocycles. The lowest BCUT2D eigenvalue weighted by molar-refractivity contribution is -0.120. The quantitative estimate of drug-likeness (QED) is 0.136. The number of amides is 4. The topological polar surface area (TPSA) is 166 Å². The van der Waals surface area contributed by atoms with E-state index in [1.165, 1.54) is 5.56 Å². The Labute approximate surface area is 372 Å². The fourth-order valence-electron chi connectivity index (χ4n) is 10.9. The van der Waals surface area contributed by atoms with Crippen LogP contribution in [0.1, 0.15) is 105 Å².